The zero-order chi connectivity index (χ0) is 19.8. The first-order valence-electron chi connectivity index (χ1n) is 8.66. The summed E-state index contributed by atoms with van der Waals surface area (Å²) < 4.78 is 26.0. The van der Waals surface area contributed by atoms with Gasteiger partial charge in [0.2, 0.25) is 15.0 Å². The number of sulfone groups is 1. The van der Waals surface area contributed by atoms with Crippen molar-refractivity contribution in [1.82, 2.24) is 14.5 Å². The number of hydrogen-bond acceptors (Lipinski definition) is 5. The summed E-state index contributed by atoms with van der Waals surface area (Å²) in [6, 6.07) is 10.1. The van der Waals surface area contributed by atoms with E-state index < -0.39 is 9.84 Å². The number of pyridine rings is 1. The third-order valence-corrected chi connectivity index (χ3v) is 5.71. The summed E-state index contributed by atoms with van der Waals surface area (Å²) in [6.45, 7) is 3.96. The van der Waals surface area contributed by atoms with E-state index >= 15 is 0 Å². The molecule has 3 rings (SSSR count). The SMILES string of the molecule is CCC(CC)n1c(=O)ccc2c(-c3ccccc3Cl)nc(S(C)(=O)=O)nc21. The highest BCUT2D eigenvalue weighted by Crippen LogP contribution is 2.32. The number of halogens is 1. The van der Waals surface area contributed by atoms with Gasteiger partial charge in [-0.2, -0.15) is 4.98 Å². The molecular weight excluding hydrogens is 386 g/mol. The van der Waals surface area contributed by atoms with Gasteiger partial charge in [0.05, 0.1) is 5.69 Å². The Morgan fingerprint density at radius 2 is 1.74 bits per heavy atom. The lowest BCUT2D eigenvalue weighted by atomic mass is 10.1. The van der Waals surface area contributed by atoms with Crippen molar-refractivity contribution in [2.75, 3.05) is 6.26 Å². The molecule has 0 spiro atoms. The molecule has 0 saturated carbocycles. The molecule has 0 bridgehead atoms. The van der Waals surface area contributed by atoms with Crippen LogP contribution in [0.4, 0.5) is 0 Å². The standard InChI is InChI=1S/C19H20ClN3O3S/c1-4-12(5-2)23-16(24)11-10-14-17(13-8-6-7-9-15(13)20)21-19(22-18(14)23)27(3,25)26/h6-12H,4-5H2,1-3H3. The molecule has 142 valence electrons. The van der Waals surface area contributed by atoms with Crippen LogP contribution in [0.3, 0.4) is 0 Å². The van der Waals surface area contributed by atoms with Gasteiger partial charge in [-0.15, -0.1) is 0 Å². The molecule has 0 amide bonds. The van der Waals surface area contributed by atoms with Crippen LogP contribution >= 0.6 is 11.6 Å². The van der Waals surface area contributed by atoms with Gasteiger partial charge in [-0.1, -0.05) is 43.6 Å². The number of aromatic nitrogens is 3. The van der Waals surface area contributed by atoms with Crippen LogP contribution in [-0.2, 0) is 9.84 Å². The Kier molecular flexibility index (Phi) is 5.35. The number of fused-ring (bicyclic) bond motifs is 1. The predicted molar refractivity (Wildman–Crippen MR) is 107 cm³/mol. The molecule has 0 fully saturated rings. The molecule has 27 heavy (non-hydrogen) atoms. The first-order valence-corrected chi connectivity index (χ1v) is 10.9. The predicted octanol–water partition coefficient (Wildman–Crippen LogP) is 3.88. The van der Waals surface area contributed by atoms with E-state index in [9.17, 15) is 13.2 Å². The van der Waals surface area contributed by atoms with Crippen LogP contribution in [0.5, 0.6) is 0 Å². The fourth-order valence-corrected chi connectivity index (χ4v) is 3.88. The maximum absolute atomic E-state index is 12.6. The lowest BCUT2D eigenvalue weighted by molar-refractivity contribution is 0.468. The molecule has 2 heterocycles. The van der Waals surface area contributed by atoms with Crippen molar-refractivity contribution in [3.8, 4) is 11.3 Å². The number of hydrogen-bond donors (Lipinski definition) is 0. The van der Waals surface area contributed by atoms with Crippen LogP contribution in [0.2, 0.25) is 5.02 Å². The van der Waals surface area contributed by atoms with Crippen molar-refractivity contribution in [2.24, 2.45) is 0 Å². The van der Waals surface area contributed by atoms with Crippen molar-refractivity contribution >= 4 is 32.5 Å². The minimum atomic E-state index is -3.69. The second kappa shape index (κ2) is 7.40. The van der Waals surface area contributed by atoms with E-state index in [-0.39, 0.29) is 16.8 Å². The molecule has 3 aromatic rings. The Hall–Kier alpha value is -2.25. The van der Waals surface area contributed by atoms with Gasteiger partial charge in [0.25, 0.3) is 5.56 Å². The van der Waals surface area contributed by atoms with E-state index in [1.165, 1.54) is 6.07 Å². The van der Waals surface area contributed by atoms with Crippen molar-refractivity contribution in [1.29, 1.82) is 0 Å². The highest BCUT2D eigenvalue weighted by Gasteiger charge is 2.22. The topological polar surface area (TPSA) is 81.9 Å². The van der Waals surface area contributed by atoms with Crippen molar-refractivity contribution in [2.45, 2.75) is 37.9 Å². The van der Waals surface area contributed by atoms with Crippen LogP contribution in [0.15, 0.2) is 46.3 Å². The molecule has 0 unspecified atom stereocenters. The average Bonchev–Trinajstić information content (AvgIpc) is 2.63. The van der Waals surface area contributed by atoms with Gasteiger partial charge in [0.15, 0.2) is 0 Å². The number of rotatable bonds is 5. The molecule has 0 N–H and O–H groups in total. The van der Waals surface area contributed by atoms with Gasteiger partial charge in [-0.05, 0) is 25.0 Å². The third kappa shape index (κ3) is 3.61. The Balaban J connectivity index is 2.52. The molecule has 0 saturated heterocycles. The van der Waals surface area contributed by atoms with Gasteiger partial charge in [-0.3, -0.25) is 9.36 Å². The summed E-state index contributed by atoms with van der Waals surface area (Å²) in [7, 11) is -3.69. The lowest BCUT2D eigenvalue weighted by Gasteiger charge is -2.19. The molecule has 0 aliphatic heterocycles. The molecule has 6 nitrogen and oxygen atoms in total. The largest absolute Gasteiger partial charge is 0.289 e. The summed E-state index contributed by atoms with van der Waals surface area (Å²) in [6.07, 6.45) is 2.48. The molecule has 2 aromatic heterocycles. The van der Waals surface area contributed by atoms with Crippen LogP contribution in [-0.4, -0.2) is 29.2 Å². The third-order valence-electron chi connectivity index (χ3n) is 4.53. The average molecular weight is 406 g/mol. The highest BCUT2D eigenvalue weighted by atomic mass is 35.5. The second-order valence-electron chi connectivity index (χ2n) is 6.36. The van der Waals surface area contributed by atoms with E-state index in [2.05, 4.69) is 9.97 Å². The lowest BCUT2D eigenvalue weighted by Crippen LogP contribution is -2.25. The number of benzene rings is 1. The van der Waals surface area contributed by atoms with Crippen LogP contribution in [0.1, 0.15) is 32.7 Å². The fraction of sp³-hybridized carbons (Fsp3) is 0.316. The summed E-state index contributed by atoms with van der Waals surface area (Å²) in [4.78, 5) is 21.1. The smallest absolute Gasteiger partial charge is 0.252 e. The van der Waals surface area contributed by atoms with E-state index in [4.69, 9.17) is 11.6 Å². The summed E-state index contributed by atoms with van der Waals surface area (Å²) in [5.74, 6) is 0. The maximum Gasteiger partial charge on any atom is 0.252 e. The Morgan fingerprint density at radius 1 is 1.07 bits per heavy atom. The minimum Gasteiger partial charge on any atom is -0.289 e. The molecule has 1 aromatic carbocycles. The van der Waals surface area contributed by atoms with E-state index in [1.807, 2.05) is 13.8 Å². The zero-order valence-electron chi connectivity index (χ0n) is 15.3. The van der Waals surface area contributed by atoms with Crippen molar-refractivity contribution < 1.29 is 8.42 Å². The summed E-state index contributed by atoms with van der Waals surface area (Å²) in [5, 5.41) is 0.703. The normalized spacial score (nSPS) is 12.0. The van der Waals surface area contributed by atoms with Crippen LogP contribution in [0, 0.1) is 0 Å². The molecule has 0 aliphatic rings. The molecule has 8 heteroatoms. The Bertz CT molecular complexity index is 1170. The molecule has 0 radical (unpaired) electrons. The Morgan fingerprint density at radius 3 is 2.33 bits per heavy atom. The van der Waals surface area contributed by atoms with Crippen molar-refractivity contribution in [3.05, 3.63) is 51.8 Å². The van der Waals surface area contributed by atoms with Crippen LogP contribution in [0.25, 0.3) is 22.3 Å². The fourth-order valence-electron chi connectivity index (χ4n) is 3.15. The van der Waals surface area contributed by atoms with Crippen molar-refractivity contribution in [3.63, 3.8) is 0 Å². The Labute approximate surface area is 162 Å². The molecule has 0 atom stereocenters. The van der Waals surface area contributed by atoms with E-state index in [0.717, 1.165) is 19.1 Å². The maximum atomic E-state index is 12.6. The summed E-state index contributed by atoms with van der Waals surface area (Å²) in [5.41, 5.74) is 1.07. The van der Waals surface area contributed by atoms with Gasteiger partial charge >= 0.3 is 0 Å². The summed E-state index contributed by atoms with van der Waals surface area (Å²) >= 11 is 6.34. The van der Waals surface area contributed by atoms with E-state index in [1.54, 1.807) is 34.9 Å². The van der Waals surface area contributed by atoms with E-state index in [0.29, 0.717) is 27.3 Å². The first-order chi connectivity index (χ1) is 12.8. The first kappa shape index (κ1) is 19.5. The number of nitrogens with zero attached hydrogens (tertiary/aromatic N) is 3. The monoisotopic (exact) mass is 405 g/mol. The van der Waals surface area contributed by atoms with Crippen LogP contribution < -0.4 is 5.56 Å². The quantitative estimate of drug-likeness (QED) is 0.601. The van der Waals surface area contributed by atoms with Gasteiger partial charge < -0.3 is 0 Å². The molecular formula is C19H20ClN3O3S. The zero-order valence-corrected chi connectivity index (χ0v) is 16.9. The second-order valence-corrected chi connectivity index (χ2v) is 8.67. The molecule has 0 aliphatic carbocycles. The minimum absolute atomic E-state index is 0.0948. The van der Waals surface area contributed by atoms with Gasteiger partial charge in [0, 0.05) is 34.3 Å². The highest BCUT2D eigenvalue weighted by molar-refractivity contribution is 7.90. The van der Waals surface area contributed by atoms with Gasteiger partial charge in [-0.25, -0.2) is 13.4 Å². The van der Waals surface area contributed by atoms with Gasteiger partial charge in [0.1, 0.15) is 5.65 Å².